The van der Waals surface area contributed by atoms with Gasteiger partial charge in [0.05, 0.1) is 0 Å². The molecule has 118 valence electrons. The molecule has 1 aromatic rings. The summed E-state index contributed by atoms with van der Waals surface area (Å²) in [6, 6.07) is 0.400. The van der Waals surface area contributed by atoms with Gasteiger partial charge in [-0.25, -0.2) is 0 Å². The van der Waals surface area contributed by atoms with Gasteiger partial charge in [0.1, 0.15) is 5.69 Å². The molecule has 0 bridgehead atoms. The largest absolute Gasteiger partial charge is 0.380 e. The Hall–Kier alpha value is -1.37. The Bertz CT molecular complexity index is 481. The highest BCUT2D eigenvalue weighted by Gasteiger charge is 2.24. The molecule has 7 heteroatoms. The Morgan fingerprint density at radius 1 is 1.19 bits per heavy atom. The Balaban J connectivity index is 2.03. The molecule has 1 aliphatic rings. The third kappa shape index (κ3) is 3.64. The van der Waals surface area contributed by atoms with E-state index in [2.05, 4.69) is 29.0 Å². The highest BCUT2D eigenvalue weighted by atomic mass is 19.2. The van der Waals surface area contributed by atoms with E-state index in [4.69, 9.17) is 0 Å². The summed E-state index contributed by atoms with van der Waals surface area (Å²) in [6.07, 6.45) is 1.91. The standard InChI is InChI=1S/C14H19F4N3/c1-8(2)21-5-3-4-9(7-21)6-19-12-10(15)13(17)20-14(18)11(12)16/h8-9H,3-7H2,1-2H3,(H,19,20). The monoisotopic (exact) mass is 305 g/mol. The molecule has 0 spiro atoms. The molecule has 2 heterocycles. The number of anilines is 1. The van der Waals surface area contributed by atoms with Crippen LogP contribution in [-0.2, 0) is 0 Å². The zero-order valence-electron chi connectivity index (χ0n) is 12.1. The summed E-state index contributed by atoms with van der Waals surface area (Å²) in [5, 5.41) is 2.50. The van der Waals surface area contributed by atoms with E-state index in [1.54, 1.807) is 0 Å². The summed E-state index contributed by atoms with van der Waals surface area (Å²) < 4.78 is 53.0. The number of halogens is 4. The van der Waals surface area contributed by atoms with E-state index >= 15 is 0 Å². The summed E-state index contributed by atoms with van der Waals surface area (Å²) >= 11 is 0. The molecule has 1 atom stereocenters. The zero-order chi connectivity index (χ0) is 15.6. The fraction of sp³-hybridized carbons (Fsp3) is 0.643. The Morgan fingerprint density at radius 2 is 1.81 bits per heavy atom. The van der Waals surface area contributed by atoms with Crippen molar-refractivity contribution in [3.05, 3.63) is 23.5 Å². The first-order valence-corrected chi connectivity index (χ1v) is 7.08. The lowest BCUT2D eigenvalue weighted by atomic mass is 9.97. The normalized spacial score (nSPS) is 20.0. The number of piperidine rings is 1. The fourth-order valence-electron chi connectivity index (χ4n) is 2.62. The van der Waals surface area contributed by atoms with Crippen LogP contribution in [0.4, 0.5) is 23.2 Å². The Kier molecular flexibility index (Phi) is 5.03. The number of rotatable bonds is 4. The zero-order valence-corrected chi connectivity index (χ0v) is 12.1. The second kappa shape index (κ2) is 6.60. The van der Waals surface area contributed by atoms with E-state index in [1.165, 1.54) is 0 Å². The molecule has 1 aliphatic heterocycles. The van der Waals surface area contributed by atoms with E-state index < -0.39 is 29.2 Å². The molecule has 1 aromatic heterocycles. The van der Waals surface area contributed by atoms with Crippen molar-refractivity contribution in [3.8, 4) is 0 Å². The summed E-state index contributed by atoms with van der Waals surface area (Å²) in [5.41, 5.74) is -0.776. The lowest BCUT2D eigenvalue weighted by Gasteiger charge is -2.35. The first-order valence-electron chi connectivity index (χ1n) is 7.08. The highest BCUT2D eigenvalue weighted by molar-refractivity contribution is 5.45. The number of pyridine rings is 1. The van der Waals surface area contributed by atoms with Crippen LogP contribution in [0.3, 0.4) is 0 Å². The van der Waals surface area contributed by atoms with Crippen molar-refractivity contribution in [2.45, 2.75) is 32.7 Å². The van der Waals surface area contributed by atoms with Crippen molar-refractivity contribution in [2.75, 3.05) is 25.0 Å². The van der Waals surface area contributed by atoms with Crippen molar-refractivity contribution in [1.82, 2.24) is 9.88 Å². The van der Waals surface area contributed by atoms with E-state index in [-0.39, 0.29) is 12.5 Å². The highest BCUT2D eigenvalue weighted by Crippen LogP contribution is 2.24. The van der Waals surface area contributed by atoms with Gasteiger partial charge in [-0.2, -0.15) is 22.5 Å². The van der Waals surface area contributed by atoms with Crippen LogP contribution in [0, 0.1) is 29.4 Å². The molecule has 1 fully saturated rings. The average molecular weight is 305 g/mol. The van der Waals surface area contributed by atoms with E-state index in [0.717, 1.165) is 25.9 Å². The quantitative estimate of drug-likeness (QED) is 0.684. The first-order chi connectivity index (χ1) is 9.90. The molecular formula is C14H19F4N3. The minimum absolute atomic E-state index is 0.180. The van der Waals surface area contributed by atoms with Gasteiger partial charge in [-0.1, -0.05) is 0 Å². The van der Waals surface area contributed by atoms with Crippen molar-refractivity contribution in [3.63, 3.8) is 0 Å². The maximum Gasteiger partial charge on any atom is 0.253 e. The van der Waals surface area contributed by atoms with Gasteiger partial charge in [-0.05, 0) is 39.2 Å². The summed E-state index contributed by atoms with van der Waals surface area (Å²) in [4.78, 5) is 4.81. The molecule has 3 nitrogen and oxygen atoms in total. The summed E-state index contributed by atoms with van der Waals surface area (Å²) in [5.74, 6) is -6.05. The topological polar surface area (TPSA) is 28.2 Å². The van der Waals surface area contributed by atoms with Gasteiger partial charge in [0.2, 0.25) is 11.6 Å². The van der Waals surface area contributed by atoms with Gasteiger partial charge < -0.3 is 10.2 Å². The second-order valence-electron chi connectivity index (χ2n) is 5.67. The predicted molar refractivity (Wildman–Crippen MR) is 72.0 cm³/mol. The van der Waals surface area contributed by atoms with Crippen molar-refractivity contribution in [2.24, 2.45) is 5.92 Å². The molecule has 0 aliphatic carbocycles. The van der Waals surface area contributed by atoms with Crippen molar-refractivity contribution < 1.29 is 17.6 Å². The van der Waals surface area contributed by atoms with Gasteiger partial charge in [0.25, 0.3) is 11.9 Å². The van der Waals surface area contributed by atoms with Gasteiger partial charge in [0, 0.05) is 19.1 Å². The van der Waals surface area contributed by atoms with Crippen LogP contribution in [-0.4, -0.2) is 35.6 Å². The van der Waals surface area contributed by atoms with E-state index in [1.807, 2.05) is 0 Å². The van der Waals surface area contributed by atoms with E-state index in [0.29, 0.717) is 6.04 Å². The smallest absolute Gasteiger partial charge is 0.253 e. The van der Waals surface area contributed by atoms with Crippen LogP contribution in [0.15, 0.2) is 0 Å². The molecule has 0 amide bonds. The molecule has 1 N–H and O–H groups in total. The fourth-order valence-corrected chi connectivity index (χ4v) is 2.62. The summed E-state index contributed by atoms with van der Waals surface area (Å²) in [6.45, 7) is 6.23. The maximum absolute atomic E-state index is 13.5. The van der Waals surface area contributed by atoms with Crippen LogP contribution < -0.4 is 5.32 Å². The minimum atomic E-state index is -1.64. The third-order valence-corrected chi connectivity index (χ3v) is 3.85. The van der Waals surface area contributed by atoms with Gasteiger partial charge >= 0.3 is 0 Å². The van der Waals surface area contributed by atoms with Crippen LogP contribution in [0.5, 0.6) is 0 Å². The number of hydrogen-bond acceptors (Lipinski definition) is 3. The number of hydrogen-bond donors (Lipinski definition) is 1. The molecule has 0 radical (unpaired) electrons. The number of aromatic nitrogens is 1. The third-order valence-electron chi connectivity index (χ3n) is 3.85. The number of nitrogens with zero attached hydrogens (tertiary/aromatic N) is 2. The van der Waals surface area contributed by atoms with Gasteiger partial charge in [-0.15, -0.1) is 0 Å². The molecular weight excluding hydrogens is 286 g/mol. The Morgan fingerprint density at radius 3 is 2.38 bits per heavy atom. The second-order valence-corrected chi connectivity index (χ2v) is 5.67. The first kappa shape index (κ1) is 16.0. The van der Waals surface area contributed by atoms with Crippen LogP contribution >= 0.6 is 0 Å². The number of nitrogens with one attached hydrogen (secondary N) is 1. The molecule has 21 heavy (non-hydrogen) atoms. The molecule has 1 unspecified atom stereocenters. The minimum Gasteiger partial charge on any atom is -0.380 e. The molecule has 1 saturated heterocycles. The number of likely N-dealkylation sites (tertiary alicyclic amines) is 1. The van der Waals surface area contributed by atoms with Gasteiger partial charge in [0.15, 0.2) is 0 Å². The van der Waals surface area contributed by atoms with Crippen molar-refractivity contribution >= 4 is 5.69 Å². The molecule has 2 rings (SSSR count). The van der Waals surface area contributed by atoms with Crippen LogP contribution in [0.1, 0.15) is 26.7 Å². The van der Waals surface area contributed by atoms with Crippen LogP contribution in [0.25, 0.3) is 0 Å². The van der Waals surface area contributed by atoms with E-state index in [9.17, 15) is 17.6 Å². The molecule has 0 saturated carbocycles. The summed E-state index contributed by atoms with van der Waals surface area (Å²) in [7, 11) is 0. The predicted octanol–water partition coefficient (Wildman–Crippen LogP) is 3.17. The Labute approximate surface area is 121 Å². The average Bonchev–Trinajstić information content (AvgIpc) is 2.45. The lowest BCUT2D eigenvalue weighted by Crippen LogP contribution is -2.41. The van der Waals surface area contributed by atoms with Crippen LogP contribution in [0.2, 0.25) is 0 Å². The lowest BCUT2D eigenvalue weighted by molar-refractivity contribution is 0.145. The molecule has 0 aromatic carbocycles. The van der Waals surface area contributed by atoms with Gasteiger partial charge in [-0.3, -0.25) is 0 Å². The SMILES string of the molecule is CC(C)N1CCCC(CNc2c(F)c(F)nc(F)c2F)C1. The maximum atomic E-state index is 13.5. The van der Waals surface area contributed by atoms with Crippen molar-refractivity contribution in [1.29, 1.82) is 0 Å².